The van der Waals surface area contributed by atoms with E-state index in [9.17, 15) is 4.79 Å². The minimum atomic E-state index is -0.138. The summed E-state index contributed by atoms with van der Waals surface area (Å²) < 4.78 is 0. The second-order valence-electron chi connectivity index (χ2n) is 5.20. The highest BCUT2D eigenvalue weighted by molar-refractivity contribution is 5.79. The van der Waals surface area contributed by atoms with Gasteiger partial charge in [0.05, 0.1) is 6.04 Å². The lowest BCUT2D eigenvalue weighted by Crippen LogP contribution is -2.43. The summed E-state index contributed by atoms with van der Waals surface area (Å²) in [7, 11) is 0. The van der Waals surface area contributed by atoms with Crippen LogP contribution in [0.25, 0.3) is 0 Å². The van der Waals surface area contributed by atoms with E-state index in [1.54, 1.807) is 0 Å². The Balaban J connectivity index is 1.95. The average molecular weight is 266 g/mol. The first-order valence-electron chi connectivity index (χ1n) is 6.97. The smallest absolute Gasteiger partial charge is 0.223 e. The highest BCUT2D eigenvalue weighted by Gasteiger charge is 2.27. The number of nitrogens with one attached hydrogen (secondary N) is 3. The summed E-state index contributed by atoms with van der Waals surface area (Å²) in [6.45, 7) is 5.09. The van der Waals surface area contributed by atoms with Gasteiger partial charge in [0.1, 0.15) is 0 Å². The predicted octanol–water partition coefficient (Wildman–Crippen LogP) is 0.545. The molecule has 106 valence electrons. The fraction of sp³-hybridized carbons (Fsp3) is 0.833. The fourth-order valence-corrected chi connectivity index (χ4v) is 2.53. The zero-order chi connectivity index (χ0) is 13.7. The van der Waals surface area contributed by atoms with Gasteiger partial charge in [-0.3, -0.25) is 4.79 Å². The van der Waals surface area contributed by atoms with Crippen molar-refractivity contribution in [3.05, 3.63) is 5.82 Å². The number of H-pyrrole nitrogens is 1. The van der Waals surface area contributed by atoms with E-state index in [2.05, 4.69) is 45.1 Å². The second kappa shape index (κ2) is 6.60. The number of nitrogens with zero attached hydrogens (tertiary/aromatic N) is 3. The lowest BCUT2D eigenvalue weighted by molar-refractivity contribution is -0.127. The highest BCUT2D eigenvalue weighted by atomic mass is 16.2. The molecule has 3 N–H and O–H groups in total. The molecule has 1 unspecified atom stereocenters. The fourth-order valence-electron chi connectivity index (χ4n) is 2.53. The van der Waals surface area contributed by atoms with Gasteiger partial charge in [-0.15, -0.1) is 10.2 Å². The molecule has 0 bridgehead atoms. The number of hydrogen-bond donors (Lipinski definition) is 3. The summed E-state index contributed by atoms with van der Waals surface area (Å²) in [5.41, 5.74) is 0. The lowest BCUT2D eigenvalue weighted by atomic mass is 9.92. The van der Waals surface area contributed by atoms with Crippen LogP contribution in [0.1, 0.15) is 51.4 Å². The van der Waals surface area contributed by atoms with Gasteiger partial charge >= 0.3 is 0 Å². The molecular weight excluding hydrogens is 244 g/mol. The molecule has 19 heavy (non-hydrogen) atoms. The van der Waals surface area contributed by atoms with Crippen LogP contribution in [0.4, 0.5) is 0 Å². The zero-order valence-electron chi connectivity index (χ0n) is 11.5. The molecule has 1 saturated heterocycles. The zero-order valence-corrected chi connectivity index (χ0v) is 11.5. The van der Waals surface area contributed by atoms with Crippen molar-refractivity contribution in [3.8, 4) is 0 Å². The van der Waals surface area contributed by atoms with E-state index in [1.807, 2.05) is 0 Å². The van der Waals surface area contributed by atoms with Gasteiger partial charge < -0.3 is 10.6 Å². The van der Waals surface area contributed by atoms with Gasteiger partial charge in [0.15, 0.2) is 5.82 Å². The molecule has 7 nitrogen and oxygen atoms in total. The van der Waals surface area contributed by atoms with Gasteiger partial charge in [0.25, 0.3) is 0 Å². The summed E-state index contributed by atoms with van der Waals surface area (Å²) in [5, 5.41) is 20.4. The predicted molar refractivity (Wildman–Crippen MR) is 70.2 cm³/mol. The van der Waals surface area contributed by atoms with Crippen LogP contribution < -0.4 is 10.6 Å². The van der Waals surface area contributed by atoms with Gasteiger partial charge in [-0.1, -0.05) is 18.6 Å². The first-order valence-corrected chi connectivity index (χ1v) is 6.97. The van der Waals surface area contributed by atoms with Crippen molar-refractivity contribution in [2.75, 3.05) is 6.54 Å². The summed E-state index contributed by atoms with van der Waals surface area (Å²) in [6.07, 6.45) is 3.56. The number of rotatable bonds is 5. The van der Waals surface area contributed by atoms with Crippen molar-refractivity contribution < 1.29 is 4.79 Å². The van der Waals surface area contributed by atoms with E-state index in [0.29, 0.717) is 11.9 Å². The minimum Gasteiger partial charge on any atom is -0.346 e. The van der Waals surface area contributed by atoms with E-state index in [0.717, 1.165) is 32.2 Å². The van der Waals surface area contributed by atoms with Crippen LogP contribution in [0.3, 0.4) is 0 Å². The van der Waals surface area contributed by atoms with Crippen LogP contribution >= 0.6 is 0 Å². The van der Waals surface area contributed by atoms with E-state index < -0.39 is 0 Å². The maximum absolute atomic E-state index is 12.3. The largest absolute Gasteiger partial charge is 0.346 e. The topological polar surface area (TPSA) is 95.6 Å². The van der Waals surface area contributed by atoms with E-state index >= 15 is 0 Å². The monoisotopic (exact) mass is 266 g/mol. The Hall–Kier alpha value is -1.50. The van der Waals surface area contributed by atoms with Crippen LogP contribution in [0.2, 0.25) is 0 Å². The maximum Gasteiger partial charge on any atom is 0.223 e. The van der Waals surface area contributed by atoms with Crippen LogP contribution in [0.5, 0.6) is 0 Å². The highest BCUT2D eigenvalue weighted by Crippen LogP contribution is 2.19. The Morgan fingerprint density at radius 3 is 3.05 bits per heavy atom. The van der Waals surface area contributed by atoms with E-state index in [4.69, 9.17) is 0 Å². The molecule has 2 rings (SSSR count). The number of aromatic nitrogens is 4. The molecule has 0 aromatic carbocycles. The molecule has 7 heteroatoms. The van der Waals surface area contributed by atoms with Gasteiger partial charge in [-0.2, -0.15) is 5.21 Å². The van der Waals surface area contributed by atoms with Gasteiger partial charge in [0.2, 0.25) is 5.91 Å². The summed E-state index contributed by atoms with van der Waals surface area (Å²) in [6, 6.07) is 0.265. The molecule has 2 heterocycles. The van der Waals surface area contributed by atoms with Crippen molar-refractivity contribution in [1.29, 1.82) is 0 Å². The molecule has 3 atom stereocenters. The maximum atomic E-state index is 12.3. The second-order valence-corrected chi connectivity index (χ2v) is 5.20. The van der Waals surface area contributed by atoms with Crippen molar-refractivity contribution in [3.63, 3.8) is 0 Å². The number of carbonyl (C=O) groups excluding carboxylic acids is 1. The summed E-state index contributed by atoms with van der Waals surface area (Å²) in [4.78, 5) is 12.3. The molecular formula is C12H22N6O. The standard InChI is InChI=1S/C12H22N6O/c1-3-4-10(11-15-17-18-16-11)14-12(19)9-5-6-13-8(2)7-9/h8-10,13H,3-7H2,1-2H3,(H,14,19)(H,15,16,17,18)/t8-,9-,10?/m0/s1. The molecule has 0 saturated carbocycles. The quantitative estimate of drug-likeness (QED) is 0.723. The van der Waals surface area contributed by atoms with Gasteiger partial charge in [-0.25, -0.2) is 0 Å². The number of piperidine rings is 1. The molecule has 1 aromatic heterocycles. The Morgan fingerprint density at radius 2 is 2.42 bits per heavy atom. The van der Waals surface area contributed by atoms with Gasteiger partial charge in [0, 0.05) is 12.0 Å². The Labute approximate surface area is 112 Å². The number of hydrogen-bond acceptors (Lipinski definition) is 5. The normalized spacial score (nSPS) is 24.9. The van der Waals surface area contributed by atoms with Gasteiger partial charge in [-0.05, 0) is 32.7 Å². The SMILES string of the molecule is CCCC(NC(=O)[C@H]1CCN[C@@H](C)C1)c1nn[nH]n1. The van der Waals surface area contributed by atoms with Crippen LogP contribution in [-0.2, 0) is 4.79 Å². The van der Waals surface area contributed by atoms with Crippen molar-refractivity contribution in [2.24, 2.45) is 5.92 Å². The number of amides is 1. The minimum absolute atomic E-state index is 0.0857. The molecule has 1 fully saturated rings. The van der Waals surface area contributed by atoms with Crippen molar-refractivity contribution in [2.45, 2.75) is 51.6 Å². The van der Waals surface area contributed by atoms with Crippen LogP contribution in [0.15, 0.2) is 0 Å². The van der Waals surface area contributed by atoms with Crippen molar-refractivity contribution in [1.82, 2.24) is 31.3 Å². The first-order chi connectivity index (χ1) is 9.20. The lowest BCUT2D eigenvalue weighted by Gasteiger charge is -2.28. The third-order valence-corrected chi connectivity index (χ3v) is 3.56. The average Bonchev–Trinajstić information content (AvgIpc) is 2.92. The number of tetrazole rings is 1. The molecule has 0 aliphatic carbocycles. The molecule has 0 spiro atoms. The van der Waals surface area contributed by atoms with Crippen molar-refractivity contribution >= 4 is 5.91 Å². The van der Waals surface area contributed by atoms with Crippen LogP contribution in [0, 0.1) is 5.92 Å². The summed E-state index contributed by atoms with van der Waals surface area (Å²) >= 11 is 0. The van der Waals surface area contributed by atoms with E-state index in [-0.39, 0.29) is 17.9 Å². The molecule has 1 aliphatic heterocycles. The summed E-state index contributed by atoms with van der Waals surface area (Å²) in [5.74, 6) is 0.760. The Kier molecular flexibility index (Phi) is 4.84. The number of carbonyl (C=O) groups is 1. The molecule has 0 radical (unpaired) electrons. The Morgan fingerprint density at radius 1 is 1.58 bits per heavy atom. The Bertz CT molecular complexity index is 393. The third kappa shape index (κ3) is 3.73. The molecule has 1 aromatic rings. The molecule has 1 amide bonds. The number of aromatic amines is 1. The van der Waals surface area contributed by atoms with E-state index in [1.165, 1.54) is 0 Å². The molecule has 1 aliphatic rings. The third-order valence-electron chi connectivity index (χ3n) is 3.56. The first kappa shape index (κ1) is 13.9. The van der Waals surface area contributed by atoms with Crippen LogP contribution in [-0.4, -0.2) is 39.1 Å².